The van der Waals surface area contributed by atoms with Gasteiger partial charge in [-0.25, -0.2) is 9.37 Å². The van der Waals surface area contributed by atoms with E-state index in [0.717, 1.165) is 10.6 Å². The number of likely N-dealkylation sites (tertiary alicyclic amines) is 1. The van der Waals surface area contributed by atoms with E-state index < -0.39 is 46.3 Å². The van der Waals surface area contributed by atoms with Crippen LogP contribution in [0, 0.1) is 45.7 Å². The van der Waals surface area contributed by atoms with Crippen molar-refractivity contribution in [2.45, 2.75) is 71.3 Å². The maximum Gasteiger partial charge on any atom is 0.262 e. The zero-order chi connectivity index (χ0) is 41.0. The molecule has 3 saturated heterocycles. The Morgan fingerprint density at radius 1 is 0.931 bits per heavy atom. The molecule has 1 atom stereocenters. The lowest BCUT2D eigenvalue weighted by Gasteiger charge is -2.65. The molecule has 15 heteroatoms. The SMILES string of the molecule is CC1(C)C(Oc2ccc(C#N)c(Cl)c2)C(C)(C)C1N1Cc2c(cnc(C#CC3CN(C4CN(c5ccc6c(c5)C(=O)N(C5CCC(=O)NC5=O)C6=O)C4)C3)c2F)C1=O. The van der Waals surface area contributed by atoms with Crippen molar-refractivity contribution in [3.8, 4) is 23.7 Å². The van der Waals surface area contributed by atoms with E-state index in [0.29, 0.717) is 48.1 Å². The molecule has 1 unspecified atom stereocenters. The number of fused-ring (bicyclic) bond motifs is 2. The van der Waals surface area contributed by atoms with Gasteiger partial charge in [0.2, 0.25) is 11.8 Å². The number of aromatic nitrogens is 1. The van der Waals surface area contributed by atoms with E-state index in [2.05, 4.69) is 31.9 Å². The fraction of sp³-hybridized carbons (Fsp3) is 0.419. The Balaban J connectivity index is 0.799. The molecule has 4 fully saturated rings. The van der Waals surface area contributed by atoms with Crippen LogP contribution >= 0.6 is 11.6 Å². The molecule has 13 nitrogen and oxygen atoms in total. The highest BCUT2D eigenvalue weighted by molar-refractivity contribution is 6.31. The van der Waals surface area contributed by atoms with Crippen LogP contribution in [-0.4, -0.2) is 99.6 Å². The third-order valence-electron chi connectivity index (χ3n) is 12.8. The summed E-state index contributed by atoms with van der Waals surface area (Å²) < 4.78 is 22.4. The number of amides is 5. The third-order valence-corrected chi connectivity index (χ3v) is 13.1. The summed E-state index contributed by atoms with van der Waals surface area (Å²) >= 11 is 6.25. The lowest BCUT2D eigenvalue weighted by molar-refractivity contribution is -0.199. The molecule has 0 bridgehead atoms. The number of anilines is 1. The summed E-state index contributed by atoms with van der Waals surface area (Å²) in [6, 6.07) is 11.1. The maximum atomic E-state index is 16.0. The molecule has 1 aliphatic carbocycles. The van der Waals surface area contributed by atoms with E-state index >= 15 is 4.39 Å². The molecule has 58 heavy (non-hydrogen) atoms. The molecule has 6 aliphatic rings. The number of carbonyl (C=O) groups is 5. The Kier molecular flexibility index (Phi) is 8.69. The van der Waals surface area contributed by atoms with Crippen molar-refractivity contribution >= 4 is 46.8 Å². The maximum absolute atomic E-state index is 16.0. The Labute approximate surface area is 339 Å². The summed E-state index contributed by atoms with van der Waals surface area (Å²) in [5.74, 6) is 3.72. The van der Waals surface area contributed by atoms with Crippen molar-refractivity contribution in [3.05, 3.63) is 86.9 Å². The first-order valence-electron chi connectivity index (χ1n) is 19.3. The normalized spacial score (nSPS) is 24.9. The highest BCUT2D eigenvalue weighted by Gasteiger charge is 2.67. The molecule has 5 aliphatic heterocycles. The van der Waals surface area contributed by atoms with Gasteiger partial charge in [0.25, 0.3) is 17.7 Å². The molecule has 3 aromatic rings. The Morgan fingerprint density at radius 2 is 1.66 bits per heavy atom. The number of imide groups is 2. The summed E-state index contributed by atoms with van der Waals surface area (Å²) in [6.07, 6.45) is 1.30. The van der Waals surface area contributed by atoms with Gasteiger partial charge in [-0.2, -0.15) is 5.26 Å². The Hall–Kier alpha value is -5.83. The van der Waals surface area contributed by atoms with Gasteiger partial charge in [0.05, 0.1) is 33.8 Å². The second kappa shape index (κ2) is 13.4. The van der Waals surface area contributed by atoms with E-state index in [4.69, 9.17) is 16.3 Å². The number of hydrogen-bond acceptors (Lipinski definition) is 10. The van der Waals surface area contributed by atoms with Gasteiger partial charge in [-0.05, 0) is 42.7 Å². The molecule has 1 N–H and O–H groups in total. The molecule has 1 saturated carbocycles. The molecular formula is C43H39ClFN7O6. The van der Waals surface area contributed by atoms with Gasteiger partial charge in [0.15, 0.2) is 5.82 Å². The molecular weight excluding hydrogens is 765 g/mol. The highest BCUT2D eigenvalue weighted by atomic mass is 35.5. The fourth-order valence-electron chi connectivity index (χ4n) is 10.2. The summed E-state index contributed by atoms with van der Waals surface area (Å²) in [4.78, 5) is 75.4. The van der Waals surface area contributed by atoms with Gasteiger partial charge < -0.3 is 14.5 Å². The quantitative estimate of drug-likeness (QED) is 0.284. The number of piperidine rings is 1. The number of hydrogen-bond donors (Lipinski definition) is 1. The molecule has 0 radical (unpaired) electrons. The Morgan fingerprint density at radius 3 is 2.34 bits per heavy atom. The van der Waals surface area contributed by atoms with Gasteiger partial charge in [-0.15, -0.1) is 0 Å². The molecule has 6 heterocycles. The third kappa shape index (κ3) is 5.76. The average Bonchev–Trinajstić information content (AvgIpc) is 3.59. The van der Waals surface area contributed by atoms with Crippen molar-refractivity contribution in [2.24, 2.45) is 16.7 Å². The number of pyridine rings is 1. The number of benzene rings is 2. The second-order valence-corrected chi connectivity index (χ2v) is 17.6. The molecule has 9 rings (SSSR count). The van der Waals surface area contributed by atoms with Crippen molar-refractivity contribution in [1.82, 2.24) is 25.0 Å². The zero-order valence-corrected chi connectivity index (χ0v) is 33.0. The first-order valence-corrected chi connectivity index (χ1v) is 19.7. The van der Waals surface area contributed by atoms with Crippen molar-refractivity contribution < 1.29 is 33.1 Å². The van der Waals surface area contributed by atoms with E-state index in [1.54, 1.807) is 41.3 Å². The van der Waals surface area contributed by atoms with E-state index in [1.165, 1.54) is 6.20 Å². The van der Waals surface area contributed by atoms with E-state index in [9.17, 15) is 29.2 Å². The fourth-order valence-corrected chi connectivity index (χ4v) is 10.4. The predicted octanol–water partition coefficient (Wildman–Crippen LogP) is 4.16. The molecule has 5 amide bonds. The number of nitrogens with zero attached hydrogens (tertiary/aromatic N) is 6. The van der Waals surface area contributed by atoms with Crippen LogP contribution in [0.2, 0.25) is 5.02 Å². The van der Waals surface area contributed by atoms with Crippen LogP contribution in [0.4, 0.5) is 10.1 Å². The lowest BCUT2D eigenvalue weighted by Crippen LogP contribution is -2.74. The Bertz CT molecular complexity index is 2460. The minimum absolute atomic E-state index is 0.0218. The second-order valence-electron chi connectivity index (χ2n) is 17.2. The molecule has 2 aromatic carbocycles. The van der Waals surface area contributed by atoms with Crippen LogP contribution in [0.15, 0.2) is 42.6 Å². The monoisotopic (exact) mass is 803 g/mol. The topological polar surface area (TPSA) is 156 Å². The average molecular weight is 804 g/mol. The summed E-state index contributed by atoms with van der Waals surface area (Å²) in [5.41, 5.74) is 1.23. The number of halogens is 2. The standard InChI is InChI=1S/C43H39ClFN7O6/c1-42(2)40(43(3,4)41(42)58-26-8-6-23(15-46)31(44)14-26)51-21-30-29(37(51)55)16-47-32(35(30)45)10-5-22-17-49(18-22)25-19-50(20-25)24-7-9-27-28(13-24)39(57)52(38(27)56)33-11-12-34(53)48-36(33)54/h6-9,13-14,16,22,25,33,40-41H,11-12,17-21H2,1-4H3,(H,48,53,54). The smallest absolute Gasteiger partial charge is 0.262 e. The highest BCUT2D eigenvalue weighted by Crippen LogP contribution is 2.59. The van der Waals surface area contributed by atoms with Crippen molar-refractivity contribution in [3.63, 3.8) is 0 Å². The predicted molar refractivity (Wildman–Crippen MR) is 207 cm³/mol. The lowest BCUT2D eigenvalue weighted by atomic mass is 9.49. The van der Waals surface area contributed by atoms with Crippen LogP contribution in [-0.2, 0) is 16.1 Å². The van der Waals surface area contributed by atoms with Gasteiger partial charge >= 0.3 is 0 Å². The van der Waals surface area contributed by atoms with Crippen LogP contribution in [0.1, 0.15) is 88.4 Å². The van der Waals surface area contributed by atoms with Crippen molar-refractivity contribution in [2.75, 3.05) is 31.1 Å². The first-order chi connectivity index (χ1) is 27.6. The number of rotatable bonds is 6. The number of carbonyl (C=O) groups excluding carboxylic acids is 5. The van der Waals surface area contributed by atoms with E-state index in [1.807, 2.05) is 33.8 Å². The van der Waals surface area contributed by atoms with Gasteiger partial charge in [0.1, 0.15) is 29.7 Å². The number of nitriles is 1. The minimum Gasteiger partial charge on any atom is -0.489 e. The number of nitrogens with one attached hydrogen (secondary N) is 1. The van der Waals surface area contributed by atoms with Crippen LogP contribution in [0.3, 0.4) is 0 Å². The van der Waals surface area contributed by atoms with Gasteiger partial charge in [0, 0.05) is 84.9 Å². The first kappa shape index (κ1) is 37.7. The molecule has 296 valence electrons. The summed E-state index contributed by atoms with van der Waals surface area (Å²) in [5, 5.41) is 11.8. The minimum atomic E-state index is -1.01. The van der Waals surface area contributed by atoms with Crippen LogP contribution in [0.25, 0.3) is 0 Å². The zero-order valence-electron chi connectivity index (χ0n) is 32.3. The molecule has 0 spiro atoms. The van der Waals surface area contributed by atoms with E-state index in [-0.39, 0.29) is 71.8 Å². The van der Waals surface area contributed by atoms with Crippen LogP contribution < -0.4 is 15.0 Å². The largest absolute Gasteiger partial charge is 0.489 e. The van der Waals surface area contributed by atoms with Gasteiger partial charge in [-0.1, -0.05) is 45.2 Å². The van der Waals surface area contributed by atoms with Crippen molar-refractivity contribution in [1.29, 1.82) is 5.26 Å². The summed E-state index contributed by atoms with van der Waals surface area (Å²) in [7, 11) is 0. The summed E-state index contributed by atoms with van der Waals surface area (Å²) in [6.45, 7) is 11.1. The van der Waals surface area contributed by atoms with Crippen LogP contribution in [0.5, 0.6) is 5.75 Å². The number of ether oxygens (including phenoxy) is 1. The molecule has 1 aromatic heterocycles. The van der Waals surface area contributed by atoms with Gasteiger partial charge in [-0.3, -0.25) is 39.1 Å².